The van der Waals surface area contributed by atoms with Gasteiger partial charge in [-0.15, -0.1) is 0 Å². The zero-order chi connectivity index (χ0) is 9.02. The summed E-state index contributed by atoms with van der Waals surface area (Å²) in [6.07, 6.45) is 0.600. The summed E-state index contributed by atoms with van der Waals surface area (Å²) in [5.74, 6) is -1.14. The first-order valence-electron chi connectivity index (χ1n) is 3.15. The van der Waals surface area contributed by atoms with Gasteiger partial charge in [0.05, 0.1) is 0 Å². The van der Waals surface area contributed by atoms with Gasteiger partial charge in [-0.1, -0.05) is 20.1 Å². The van der Waals surface area contributed by atoms with E-state index in [-0.39, 0.29) is 5.70 Å². The van der Waals surface area contributed by atoms with Crippen molar-refractivity contribution in [1.82, 2.24) is 4.81 Å². The number of carboxylic acid groups (broad SMARTS) is 1. The summed E-state index contributed by atoms with van der Waals surface area (Å²) in [7, 11) is 5.33. The molecular weight excluding hydrogens is 141 g/mol. The highest BCUT2D eigenvalue weighted by atomic mass is 16.4. The predicted molar refractivity (Wildman–Crippen MR) is 43.8 cm³/mol. The van der Waals surface area contributed by atoms with Crippen LogP contribution in [0.1, 0.15) is 13.3 Å². The van der Waals surface area contributed by atoms with Crippen LogP contribution in [0.4, 0.5) is 0 Å². The van der Waals surface area contributed by atoms with Gasteiger partial charge in [0.15, 0.2) is 0 Å². The summed E-state index contributed by atoms with van der Waals surface area (Å²) in [5, 5.41) is 8.43. The lowest BCUT2D eigenvalue weighted by Gasteiger charge is -2.20. The van der Waals surface area contributed by atoms with Gasteiger partial charge in [-0.2, -0.15) is 0 Å². The topological polar surface area (TPSA) is 40.5 Å². The van der Waals surface area contributed by atoms with Crippen molar-refractivity contribution in [3.63, 3.8) is 0 Å². The molecule has 2 radical (unpaired) electrons. The molecule has 11 heavy (non-hydrogen) atoms. The fourth-order valence-corrected chi connectivity index (χ4v) is 0.464. The van der Waals surface area contributed by atoms with Crippen LogP contribution in [0.2, 0.25) is 0 Å². The van der Waals surface area contributed by atoms with Crippen molar-refractivity contribution in [2.45, 2.75) is 13.3 Å². The summed E-state index contributed by atoms with van der Waals surface area (Å²) in [5.41, 5.74) is 0.356. The largest absolute Gasteiger partial charge is 0.477 e. The van der Waals surface area contributed by atoms with Crippen LogP contribution in [0.3, 0.4) is 0 Å². The molecule has 0 fully saturated rings. The van der Waals surface area contributed by atoms with Gasteiger partial charge in [0.2, 0.25) is 7.98 Å². The molecule has 0 saturated heterocycles. The number of nitrogens with zero attached hydrogens (tertiary/aromatic N) is 1. The number of carboxylic acids is 1. The van der Waals surface area contributed by atoms with E-state index in [4.69, 9.17) is 13.1 Å². The molecule has 1 N–H and O–H groups in total. The normalized spacial score (nSPS) is 8.82. The van der Waals surface area contributed by atoms with Crippen molar-refractivity contribution in [2.75, 3.05) is 0 Å². The van der Waals surface area contributed by atoms with E-state index in [9.17, 15) is 4.79 Å². The Hall–Kier alpha value is -1.19. The van der Waals surface area contributed by atoms with Crippen LogP contribution in [-0.4, -0.2) is 23.9 Å². The Morgan fingerprint density at radius 3 is 2.36 bits per heavy atom. The van der Waals surface area contributed by atoms with Crippen molar-refractivity contribution in [1.29, 1.82) is 0 Å². The minimum Gasteiger partial charge on any atom is -0.477 e. The van der Waals surface area contributed by atoms with Crippen LogP contribution >= 0.6 is 0 Å². The van der Waals surface area contributed by atoms with Gasteiger partial charge in [0.25, 0.3) is 0 Å². The van der Waals surface area contributed by atoms with E-state index in [1.165, 1.54) is 0 Å². The van der Waals surface area contributed by atoms with Gasteiger partial charge in [-0.05, 0) is 12.1 Å². The van der Waals surface area contributed by atoms with Crippen molar-refractivity contribution < 1.29 is 9.90 Å². The first-order chi connectivity index (χ1) is 5.00. The summed E-state index contributed by atoms with van der Waals surface area (Å²) >= 11 is 0. The lowest BCUT2D eigenvalue weighted by Crippen LogP contribution is -2.22. The van der Waals surface area contributed by atoms with E-state index in [0.717, 1.165) is 4.81 Å². The number of rotatable bonds is 4. The van der Waals surface area contributed by atoms with Gasteiger partial charge < -0.3 is 9.92 Å². The highest BCUT2D eigenvalue weighted by Gasteiger charge is 2.09. The van der Waals surface area contributed by atoms with Gasteiger partial charge in [0.1, 0.15) is 5.70 Å². The Balaban J connectivity index is 4.25. The average Bonchev–Trinajstić information content (AvgIpc) is 2.00. The molecule has 0 rings (SSSR count). The molecule has 3 nitrogen and oxygen atoms in total. The summed E-state index contributed by atoms with van der Waals surface area (Å²) < 4.78 is 0. The van der Waals surface area contributed by atoms with E-state index in [1.807, 2.05) is 6.92 Å². The van der Waals surface area contributed by atoms with Crippen LogP contribution in [0.25, 0.3) is 0 Å². The van der Waals surface area contributed by atoms with E-state index in [1.54, 1.807) is 0 Å². The van der Waals surface area contributed by atoms with Crippen LogP contribution in [0.5, 0.6) is 0 Å². The van der Waals surface area contributed by atoms with Crippen LogP contribution in [0, 0.1) is 0 Å². The van der Waals surface area contributed by atoms with E-state index in [2.05, 4.69) is 13.2 Å². The number of hydrogen-bond acceptors (Lipinski definition) is 2. The lowest BCUT2D eigenvalue weighted by molar-refractivity contribution is -0.133. The van der Waals surface area contributed by atoms with E-state index < -0.39 is 5.97 Å². The molecule has 0 amide bonds. The maximum absolute atomic E-state index is 10.3. The third kappa shape index (κ3) is 2.49. The Labute approximate surface area is 67.4 Å². The fourth-order valence-electron chi connectivity index (χ4n) is 0.464. The number of allylic oxidation sites excluding steroid dienone is 1. The molecule has 0 aromatic carbocycles. The second-order valence-corrected chi connectivity index (χ2v) is 2.04. The SMILES string of the molecule is [B]N(C(=C)CC)C(=C)C(=O)O. The second-order valence-electron chi connectivity index (χ2n) is 2.04. The minimum absolute atomic E-state index is 0.170. The maximum atomic E-state index is 10.3. The fraction of sp³-hybridized carbons (Fsp3) is 0.286. The van der Waals surface area contributed by atoms with Crippen molar-refractivity contribution in [2.24, 2.45) is 0 Å². The Morgan fingerprint density at radius 2 is 2.09 bits per heavy atom. The van der Waals surface area contributed by atoms with Crippen molar-refractivity contribution in [3.05, 3.63) is 24.6 Å². The number of carbonyl (C=O) groups is 1. The molecule has 0 bridgehead atoms. The predicted octanol–water partition coefficient (Wildman–Crippen LogP) is 0.894. The highest BCUT2D eigenvalue weighted by molar-refractivity contribution is 6.10. The van der Waals surface area contributed by atoms with E-state index >= 15 is 0 Å². The molecule has 0 spiro atoms. The molecule has 0 aliphatic rings. The number of hydrogen-bond donors (Lipinski definition) is 1. The van der Waals surface area contributed by atoms with Crippen molar-refractivity contribution in [3.8, 4) is 0 Å². The molecule has 0 aliphatic heterocycles. The lowest BCUT2D eigenvalue weighted by atomic mass is 10.2. The van der Waals surface area contributed by atoms with Gasteiger partial charge >= 0.3 is 5.97 Å². The summed E-state index contributed by atoms with van der Waals surface area (Å²) in [6.45, 7) is 8.65. The first-order valence-corrected chi connectivity index (χ1v) is 3.15. The molecule has 0 aromatic heterocycles. The standard InChI is InChI=1S/C7H10BNO2/c1-4-5(2)9(8)6(3)7(10)11/h2-4H2,1H3,(H,10,11). The first kappa shape index (κ1) is 9.81. The molecule has 0 atom stereocenters. The summed E-state index contributed by atoms with van der Waals surface area (Å²) in [6, 6.07) is 0. The third-order valence-electron chi connectivity index (χ3n) is 1.29. The Morgan fingerprint density at radius 1 is 1.64 bits per heavy atom. The van der Waals surface area contributed by atoms with Crippen LogP contribution < -0.4 is 0 Å². The van der Waals surface area contributed by atoms with Crippen molar-refractivity contribution >= 4 is 14.0 Å². The molecule has 58 valence electrons. The Kier molecular flexibility index (Phi) is 3.44. The number of aliphatic carboxylic acids is 1. The molecular formula is C7H10BNO2. The molecule has 0 heterocycles. The minimum atomic E-state index is -1.14. The quantitative estimate of drug-likeness (QED) is 0.479. The van der Waals surface area contributed by atoms with Gasteiger partial charge in [0, 0.05) is 0 Å². The van der Waals surface area contributed by atoms with Crippen LogP contribution in [0.15, 0.2) is 24.6 Å². The smallest absolute Gasteiger partial charge is 0.350 e. The zero-order valence-electron chi connectivity index (χ0n) is 6.50. The monoisotopic (exact) mass is 151 g/mol. The zero-order valence-corrected chi connectivity index (χ0v) is 6.50. The second kappa shape index (κ2) is 3.86. The van der Waals surface area contributed by atoms with Crippen LogP contribution in [-0.2, 0) is 4.79 Å². The molecule has 0 aromatic rings. The third-order valence-corrected chi connectivity index (χ3v) is 1.29. The van der Waals surface area contributed by atoms with Gasteiger partial charge in [-0.3, -0.25) is 0 Å². The summed E-state index contributed by atoms with van der Waals surface area (Å²) in [4.78, 5) is 11.3. The average molecular weight is 151 g/mol. The van der Waals surface area contributed by atoms with Gasteiger partial charge in [-0.25, -0.2) is 4.79 Å². The maximum Gasteiger partial charge on any atom is 0.350 e. The molecule has 0 saturated carbocycles. The molecule has 4 heteroatoms. The molecule has 0 unspecified atom stereocenters. The highest BCUT2D eigenvalue weighted by Crippen LogP contribution is 2.08. The Bertz CT molecular complexity index is 201. The van der Waals surface area contributed by atoms with E-state index in [0.29, 0.717) is 12.1 Å². The molecule has 0 aliphatic carbocycles.